The van der Waals surface area contributed by atoms with Crippen LogP contribution in [0.25, 0.3) is 0 Å². The highest BCUT2D eigenvalue weighted by molar-refractivity contribution is 6.31. The number of aryl methyl sites for hydroxylation is 1. The molecule has 0 unspecified atom stereocenters. The lowest BCUT2D eigenvalue weighted by Gasteiger charge is -2.08. The van der Waals surface area contributed by atoms with Crippen LogP contribution in [0.2, 0.25) is 5.02 Å². The molecule has 17 heavy (non-hydrogen) atoms. The Hall–Kier alpha value is -1.06. The number of nitrogens with one attached hydrogen (secondary N) is 2. The molecule has 92 valence electrons. The number of carbonyl (C=O) groups is 1. The van der Waals surface area contributed by atoms with E-state index in [-0.39, 0.29) is 5.91 Å². The fourth-order valence-electron chi connectivity index (χ4n) is 1.67. The quantitative estimate of drug-likeness (QED) is 0.789. The minimum absolute atomic E-state index is 0.0532. The van der Waals surface area contributed by atoms with Gasteiger partial charge in [0, 0.05) is 29.7 Å². The van der Waals surface area contributed by atoms with Crippen LogP contribution in [0.5, 0.6) is 0 Å². The number of carbonyl (C=O) groups excluding carboxylic acids is 1. The summed E-state index contributed by atoms with van der Waals surface area (Å²) in [6.07, 6.45) is 2.53. The molecule has 2 rings (SSSR count). The summed E-state index contributed by atoms with van der Waals surface area (Å²) in [4.78, 5) is 11.9. The first-order valence-corrected chi connectivity index (χ1v) is 6.32. The van der Waals surface area contributed by atoms with Crippen molar-refractivity contribution in [3.63, 3.8) is 0 Å². The zero-order valence-electron chi connectivity index (χ0n) is 9.92. The van der Waals surface area contributed by atoms with Gasteiger partial charge in [-0.2, -0.15) is 0 Å². The van der Waals surface area contributed by atoms with Gasteiger partial charge in [0.25, 0.3) is 5.91 Å². The second kappa shape index (κ2) is 5.52. The molecule has 1 aliphatic carbocycles. The van der Waals surface area contributed by atoms with Crippen LogP contribution in [0, 0.1) is 6.92 Å². The molecule has 1 aliphatic rings. The van der Waals surface area contributed by atoms with E-state index in [9.17, 15) is 4.79 Å². The monoisotopic (exact) mass is 252 g/mol. The largest absolute Gasteiger partial charge is 0.351 e. The third-order valence-electron chi connectivity index (χ3n) is 2.87. The fourth-order valence-corrected chi connectivity index (χ4v) is 1.85. The molecule has 1 saturated carbocycles. The summed E-state index contributed by atoms with van der Waals surface area (Å²) >= 11 is 5.88. The maximum atomic E-state index is 11.9. The number of amides is 1. The van der Waals surface area contributed by atoms with Gasteiger partial charge in [-0.05, 0) is 37.5 Å². The Labute approximate surface area is 107 Å². The highest BCUT2D eigenvalue weighted by Gasteiger charge is 2.19. The lowest BCUT2D eigenvalue weighted by molar-refractivity contribution is 0.0953. The second-order valence-corrected chi connectivity index (χ2v) is 4.88. The molecule has 3 nitrogen and oxygen atoms in total. The molecular formula is C13H17ClN2O. The van der Waals surface area contributed by atoms with Gasteiger partial charge in [0.1, 0.15) is 0 Å². The van der Waals surface area contributed by atoms with Gasteiger partial charge >= 0.3 is 0 Å². The van der Waals surface area contributed by atoms with Crippen LogP contribution < -0.4 is 10.6 Å². The Balaban J connectivity index is 1.82. The number of halogens is 1. The topological polar surface area (TPSA) is 41.1 Å². The van der Waals surface area contributed by atoms with Gasteiger partial charge in [0.2, 0.25) is 0 Å². The van der Waals surface area contributed by atoms with Crippen LogP contribution in [0.4, 0.5) is 0 Å². The van der Waals surface area contributed by atoms with Crippen molar-refractivity contribution in [2.45, 2.75) is 25.8 Å². The first-order valence-electron chi connectivity index (χ1n) is 5.94. The normalized spacial score (nSPS) is 14.7. The Morgan fingerprint density at radius 2 is 2.18 bits per heavy atom. The number of benzene rings is 1. The van der Waals surface area contributed by atoms with Crippen LogP contribution in [0.3, 0.4) is 0 Å². The molecule has 0 atom stereocenters. The van der Waals surface area contributed by atoms with E-state index in [0.717, 1.165) is 12.1 Å². The van der Waals surface area contributed by atoms with E-state index in [1.54, 1.807) is 12.1 Å². The van der Waals surface area contributed by atoms with Crippen LogP contribution >= 0.6 is 11.6 Å². The van der Waals surface area contributed by atoms with Crippen molar-refractivity contribution in [1.29, 1.82) is 0 Å². The van der Waals surface area contributed by atoms with E-state index < -0.39 is 0 Å². The first-order chi connectivity index (χ1) is 8.16. The molecule has 0 aliphatic heterocycles. The molecule has 0 saturated heterocycles. The molecule has 0 spiro atoms. The molecule has 0 radical (unpaired) electrons. The third-order valence-corrected chi connectivity index (χ3v) is 3.10. The summed E-state index contributed by atoms with van der Waals surface area (Å²) < 4.78 is 0. The highest BCUT2D eigenvalue weighted by atomic mass is 35.5. The van der Waals surface area contributed by atoms with Crippen molar-refractivity contribution in [1.82, 2.24) is 10.6 Å². The summed E-state index contributed by atoms with van der Waals surface area (Å²) in [7, 11) is 0. The zero-order valence-corrected chi connectivity index (χ0v) is 10.7. The SMILES string of the molecule is Cc1ccc(Cl)cc1C(=O)NCCNC1CC1. The van der Waals surface area contributed by atoms with Crippen molar-refractivity contribution in [3.8, 4) is 0 Å². The molecule has 1 aromatic rings. The van der Waals surface area contributed by atoms with E-state index in [1.165, 1.54) is 12.8 Å². The van der Waals surface area contributed by atoms with Gasteiger partial charge in [-0.3, -0.25) is 4.79 Å². The molecule has 0 bridgehead atoms. The first kappa shape index (κ1) is 12.4. The molecule has 4 heteroatoms. The van der Waals surface area contributed by atoms with Gasteiger partial charge in [0.15, 0.2) is 0 Å². The molecule has 2 N–H and O–H groups in total. The third kappa shape index (κ3) is 3.72. The molecular weight excluding hydrogens is 236 g/mol. The predicted octanol–water partition coefficient (Wildman–Crippen LogP) is 2.13. The molecule has 0 heterocycles. The van der Waals surface area contributed by atoms with Gasteiger partial charge in [-0.1, -0.05) is 17.7 Å². The fraction of sp³-hybridized carbons (Fsp3) is 0.462. The number of hydrogen-bond acceptors (Lipinski definition) is 2. The van der Waals surface area contributed by atoms with E-state index >= 15 is 0 Å². The van der Waals surface area contributed by atoms with Crippen molar-refractivity contribution in [3.05, 3.63) is 34.3 Å². The van der Waals surface area contributed by atoms with E-state index in [4.69, 9.17) is 11.6 Å². The summed E-state index contributed by atoms with van der Waals surface area (Å²) in [6.45, 7) is 3.39. The minimum Gasteiger partial charge on any atom is -0.351 e. The van der Waals surface area contributed by atoms with Crippen molar-refractivity contribution >= 4 is 17.5 Å². The van der Waals surface area contributed by atoms with Crippen molar-refractivity contribution in [2.75, 3.05) is 13.1 Å². The van der Waals surface area contributed by atoms with Crippen LogP contribution in [-0.2, 0) is 0 Å². The summed E-state index contributed by atoms with van der Waals surface area (Å²) in [5, 5.41) is 6.83. The lowest BCUT2D eigenvalue weighted by atomic mass is 10.1. The molecule has 0 aromatic heterocycles. The molecule has 1 amide bonds. The van der Waals surface area contributed by atoms with E-state index in [0.29, 0.717) is 23.2 Å². The Morgan fingerprint density at radius 1 is 1.41 bits per heavy atom. The van der Waals surface area contributed by atoms with Gasteiger partial charge in [-0.15, -0.1) is 0 Å². The zero-order chi connectivity index (χ0) is 12.3. The number of rotatable bonds is 5. The average Bonchev–Trinajstić information content (AvgIpc) is 3.11. The second-order valence-electron chi connectivity index (χ2n) is 4.44. The Kier molecular flexibility index (Phi) is 4.02. The maximum absolute atomic E-state index is 11.9. The molecule has 1 aromatic carbocycles. The smallest absolute Gasteiger partial charge is 0.251 e. The van der Waals surface area contributed by atoms with Gasteiger partial charge in [-0.25, -0.2) is 0 Å². The average molecular weight is 253 g/mol. The highest BCUT2D eigenvalue weighted by Crippen LogP contribution is 2.18. The Morgan fingerprint density at radius 3 is 2.88 bits per heavy atom. The van der Waals surface area contributed by atoms with Crippen molar-refractivity contribution in [2.24, 2.45) is 0 Å². The lowest BCUT2D eigenvalue weighted by Crippen LogP contribution is -2.32. The van der Waals surface area contributed by atoms with E-state index in [2.05, 4.69) is 10.6 Å². The predicted molar refractivity (Wildman–Crippen MR) is 69.5 cm³/mol. The summed E-state index contributed by atoms with van der Waals surface area (Å²) in [5.74, 6) is -0.0532. The maximum Gasteiger partial charge on any atom is 0.251 e. The van der Waals surface area contributed by atoms with Crippen molar-refractivity contribution < 1.29 is 4.79 Å². The van der Waals surface area contributed by atoms with E-state index in [1.807, 2.05) is 13.0 Å². The summed E-state index contributed by atoms with van der Waals surface area (Å²) in [6, 6.07) is 6.04. The van der Waals surface area contributed by atoms with Crippen LogP contribution in [0.1, 0.15) is 28.8 Å². The number of hydrogen-bond donors (Lipinski definition) is 2. The summed E-state index contributed by atoms with van der Waals surface area (Å²) in [5.41, 5.74) is 1.60. The van der Waals surface area contributed by atoms with Gasteiger partial charge < -0.3 is 10.6 Å². The van der Waals surface area contributed by atoms with Crippen LogP contribution in [-0.4, -0.2) is 25.0 Å². The molecule has 1 fully saturated rings. The standard InChI is InChI=1S/C13H17ClN2O/c1-9-2-3-10(14)8-12(9)13(17)16-7-6-15-11-4-5-11/h2-3,8,11,15H,4-7H2,1H3,(H,16,17). The minimum atomic E-state index is -0.0532. The van der Waals surface area contributed by atoms with Gasteiger partial charge in [0.05, 0.1) is 0 Å². The Bertz CT molecular complexity index is 416. The van der Waals surface area contributed by atoms with Crippen LogP contribution in [0.15, 0.2) is 18.2 Å².